The van der Waals surface area contributed by atoms with Crippen LogP contribution in [0.1, 0.15) is 115 Å². The van der Waals surface area contributed by atoms with Gasteiger partial charge in [0.1, 0.15) is 23.0 Å². The van der Waals surface area contributed by atoms with Crippen molar-refractivity contribution in [1.82, 2.24) is 67.0 Å². The standard InChI is InChI=1S/C24H19F2N3O2.C23H18F2N4O2.C22H17F2N3O2S.C20H17F2N3O2/c1-31-23-17(24(30)27-14-16-5-3-2-4-6-16)9-12-21-22(23)20(28-29-21)11-8-15-7-10-18(25)19(26)13-15;1-31-22-16(23(30)27-13-15-3-2-10-26-12-15)6-9-20-21(22)19(28-29-20)8-5-14-4-7-17(24)18(25)11-14;1-29-21-15(22(28)25-12-14-3-2-10-30-14)6-9-19-20(21)18(26-27-19)8-5-13-4-7-16(23)17(24)11-13;1-27-19-13(20(26)23-12-4-5-12)6-9-17-18(19)16(24-25-17)8-3-11-2-7-14(21)15(22)10-11/h2-13H,14H2,1H3,(H,27,30)(H,28,29);2-12H,13H2,1H3,(H,27,30)(H,28,29);2-11H,12H2,1H3,(H,25,28)(H,26,27);2-3,6-10,12H,4-5H2,1H3,(H,23,26)(H,24,25)/b11-8+;2*8-5+;8-3+. The summed E-state index contributed by atoms with van der Waals surface area (Å²) < 4.78 is 128. The number of hydrogen-bond acceptors (Lipinski definition) is 14. The number of carbonyl (C=O) groups is 4. The van der Waals surface area contributed by atoms with Crippen molar-refractivity contribution in [2.24, 2.45) is 0 Å². The van der Waals surface area contributed by atoms with E-state index in [2.05, 4.69) is 67.0 Å². The molecule has 0 saturated heterocycles. The third-order valence-electron chi connectivity index (χ3n) is 18.5. The van der Waals surface area contributed by atoms with Gasteiger partial charge >= 0.3 is 0 Å². The van der Waals surface area contributed by atoms with Gasteiger partial charge < -0.3 is 40.2 Å². The molecule has 0 bridgehead atoms. The van der Waals surface area contributed by atoms with Crippen molar-refractivity contribution in [2.75, 3.05) is 28.4 Å². The SMILES string of the molecule is COc1c(C(=O)NC2CC2)ccc2n[nH]c(/C=C/c3ccc(F)c(F)c3)c12.COc1c(C(=O)NCc2ccccc2)ccc2n[nH]c(/C=C/c3ccc(F)c(F)c3)c12.COc1c(C(=O)NCc2cccnc2)ccc2n[nH]c(/C=C/c3ccc(F)c(F)c3)c12.COc1c(C(=O)NCc2cccs2)ccc2n[nH]c(/C=C/c3ccc(F)c(F)c3)c12. The number of aromatic nitrogens is 9. The Bertz CT molecular complexity index is 6150. The van der Waals surface area contributed by atoms with Crippen LogP contribution in [0.4, 0.5) is 35.1 Å². The fraction of sp³-hybridized carbons (Fsp3) is 0.112. The van der Waals surface area contributed by atoms with Crippen LogP contribution in [0, 0.1) is 46.5 Å². The second-order valence-corrected chi connectivity index (χ2v) is 27.5. The summed E-state index contributed by atoms with van der Waals surface area (Å²) in [7, 11) is 5.94. The zero-order valence-electron chi connectivity index (χ0n) is 63.6. The van der Waals surface area contributed by atoms with Crippen molar-refractivity contribution in [1.29, 1.82) is 0 Å². The van der Waals surface area contributed by atoms with E-state index >= 15 is 0 Å². The number of rotatable bonds is 23. The van der Waals surface area contributed by atoms with E-state index in [0.717, 1.165) is 77.4 Å². The number of pyridine rings is 1. The molecule has 30 heteroatoms. The van der Waals surface area contributed by atoms with Gasteiger partial charge in [0.05, 0.1) is 124 Å². The Hall–Kier alpha value is -14.8. The number of amides is 4. The Morgan fingerprint density at radius 1 is 0.378 bits per heavy atom. The first-order chi connectivity index (χ1) is 57.8. The summed E-state index contributed by atoms with van der Waals surface area (Å²) >= 11 is 1.56. The van der Waals surface area contributed by atoms with Crippen LogP contribution in [0.15, 0.2) is 194 Å². The van der Waals surface area contributed by atoms with E-state index in [1.165, 1.54) is 52.7 Å². The maximum absolute atomic E-state index is 13.5. The number of nitrogens with one attached hydrogen (secondary N) is 8. The molecule has 6 aromatic heterocycles. The van der Waals surface area contributed by atoms with Crippen molar-refractivity contribution in [3.8, 4) is 23.0 Å². The van der Waals surface area contributed by atoms with Crippen molar-refractivity contribution in [3.05, 3.63) is 324 Å². The first-order valence-electron chi connectivity index (χ1n) is 36.6. The molecule has 0 radical (unpaired) electrons. The molecule has 4 amide bonds. The molecule has 0 aliphatic heterocycles. The lowest BCUT2D eigenvalue weighted by molar-refractivity contribution is 0.0939. The number of benzene rings is 9. The van der Waals surface area contributed by atoms with Gasteiger partial charge in [-0.2, -0.15) is 20.4 Å². The van der Waals surface area contributed by atoms with E-state index in [9.17, 15) is 54.3 Å². The van der Waals surface area contributed by atoms with Crippen LogP contribution in [0.3, 0.4) is 0 Å². The molecule has 6 heterocycles. The van der Waals surface area contributed by atoms with Gasteiger partial charge in [0.15, 0.2) is 46.5 Å². The highest BCUT2D eigenvalue weighted by Crippen LogP contribution is 2.38. The van der Waals surface area contributed by atoms with E-state index in [1.54, 1.807) is 127 Å². The molecule has 1 aliphatic carbocycles. The number of methoxy groups -OCH3 is 4. The molecule has 1 saturated carbocycles. The minimum atomic E-state index is -0.929. The highest BCUT2D eigenvalue weighted by molar-refractivity contribution is 7.09. The average molecular weight is 1630 g/mol. The first-order valence-corrected chi connectivity index (χ1v) is 37.5. The van der Waals surface area contributed by atoms with Gasteiger partial charge in [-0.3, -0.25) is 44.6 Å². The zero-order chi connectivity index (χ0) is 83.6. The summed E-state index contributed by atoms with van der Waals surface area (Å²) in [6.07, 6.45) is 18.5. The molecule has 1 aliphatic rings. The minimum Gasteiger partial charge on any atom is -0.495 e. The number of aromatic amines is 4. The molecule has 21 nitrogen and oxygen atoms in total. The lowest BCUT2D eigenvalue weighted by atomic mass is 10.1. The van der Waals surface area contributed by atoms with Crippen molar-refractivity contribution < 1.29 is 73.2 Å². The van der Waals surface area contributed by atoms with Crippen LogP contribution in [0.25, 0.3) is 92.2 Å². The fourth-order valence-corrected chi connectivity index (χ4v) is 13.1. The molecule has 0 unspecified atom stereocenters. The summed E-state index contributed by atoms with van der Waals surface area (Å²) in [4.78, 5) is 55.9. The second kappa shape index (κ2) is 38.1. The first kappa shape index (κ1) is 82.2. The van der Waals surface area contributed by atoms with E-state index in [4.69, 9.17) is 18.9 Å². The van der Waals surface area contributed by atoms with Crippen LogP contribution in [0.2, 0.25) is 0 Å². The smallest absolute Gasteiger partial charge is 0.255 e. The Morgan fingerprint density at radius 2 is 0.714 bits per heavy atom. The third kappa shape index (κ3) is 19.9. The number of thiophene rings is 1. The van der Waals surface area contributed by atoms with Crippen LogP contribution in [-0.4, -0.2) is 104 Å². The van der Waals surface area contributed by atoms with E-state index < -0.39 is 46.5 Å². The van der Waals surface area contributed by atoms with Gasteiger partial charge in [-0.05, 0) is 185 Å². The lowest BCUT2D eigenvalue weighted by Crippen LogP contribution is -2.25. The number of carbonyl (C=O) groups excluding carboxylic acids is 4. The normalized spacial score (nSPS) is 11.9. The largest absolute Gasteiger partial charge is 0.495 e. The molecule has 602 valence electrons. The van der Waals surface area contributed by atoms with Crippen LogP contribution in [-0.2, 0) is 19.6 Å². The summed E-state index contributed by atoms with van der Waals surface area (Å²) in [6, 6.07) is 45.4. The Balaban J connectivity index is 0.000000138. The molecule has 16 rings (SSSR count). The van der Waals surface area contributed by atoms with Gasteiger partial charge in [0.2, 0.25) is 0 Å². The maximum Gasteiger partial charge on any atom is 0.255 e. The van der Waals surface area contributed by atoms with E-state index in [1.807, 2.05) is 53.9 Å². The topological polar surface area (TPSA) is 281 Å². The lowest BCUT2D eigenvalue weighted by Gasteiger charge is -2.11. The van der Waals surface area contributed by atoms with Crippen LogP contribution >= 0.6 is 11.3 Å². The predicted molar refractivity (Wildman–Crippen MR) is 441 cm³/mol. The molecule has 0 atom stereocenters. The van der Waals surface area contributed by atoms with Gasteiger partial charge in [-0.1, -0.05) is 91.0 Å². The number of nitrogens with zero attached hydrogens (tertiary/aromatic N) is 5. The second-order valence-electron chi connectivity index (χ2n) is 26.5. The summed E-state index contributed by atoms with van der Waals surface area (Å²) in [5.41, 5.74) is 10.1. The molecular weight excluding hydrogens is 1560 g/mol. The Labute approximate surface area is 677 Å². The summed E-state index contributed by atoms with van der Waals surface area (Å²) in [5.74, 6) is -6.80. The van der Waals surface area contributed by atoms with E-state index in [0.29, 0.717) is 154 Å². The highest BCUT2D eigenvalue weighted by Gasteiger charge is 2.28. The van der Waals surface area contributed by atoms with Gasteiger partial charge in [-0.25, -0.2) is 35.1 Å². The molecule has 1 fully saturated rings. The molecule has 8 N–H and O–H groups in total. The van der Waals surface area contributed by atoms with Gasteiger partial charge in [0, 0.05) is 36.4 Å². The highest BCUT2D eigenvalue weighted by atomic mass is 32.1. The Morgan fingerprint density at radius 3 is 1.03 bits per heavy atom. The summed E-state index contributed by atoms with van der Waals surface area (Å²) in [6.45, 7) is 1.13. The molecular formula is C89H71F8N13O8S. The number of ether oxygens (including phenoxy) is 4. The van der Waals surface area contributed by atoms with E-state index in [-0.39, 0.29) is 29.7 Å². The van der Waals surface area contributed by atoms with Gasteiger partial charge in [0.25, 0.3) is 23.6 Å². The number of halogens is 8. The predicted octanol–water partition coefficient (Wildman–Crippen LogP) is 18.2. The number of H-pyrrole nitrogens is 4. The zero-order valence-corrected chi connectivity index (χ0v) is 64.5. The molecule has 0 spiro atoms. The summed E-state index contributed by atoms with van der Waals surface area (Å²) in [5, 5.41) is 44.5. The number of hydrogen-bond donors (Lipinski definition) is 8. The van der Waals surface area contributed by atoms with Crippen LogP contribution < -0.4 is 40.2 Å². The van der Waals surface area contributed by atoms with Crippen molar-refractivity contribution in [2.45, 2.75) is 38.5 Å². The quantitative estimate of drug-likeness (QED) is 0.0277. The van der Waals surface area contributed by atoms with Crippen molar-refractivity contribution in [3.63, 3.8) is 0 Å². The van der Waals surface area contributed by atoms with Crippen LogP contribution in [0.5, 0.6) is 23.0 Å². The Kier molecular flexibility index (Phi) is 26.3. The van der Waals surface area contributed by atoms with Gasteiger partial charge in [-0.15, -0.1) is 11.3 Å². The molecule has 119 heavy (non-hydrogen) atoms. The monoisotopic (exact) mass is 1630 g/mol. The average Bonchev–Trinajstić information content (AvgIpc) is 1.66. The fourth-order valence-electron chi connectivity index (χ4n) is 12.5. The molecule has 15 aromatic rings. The molecule has 9 aromatic carbocycles. The number of fused-ring (bicyclic) bond motifs is 4. The third-order valence-corrected chi connectivity index (χ3v) is 19.4. The minimum absolute atomic E-state index is 0.187. The van der Waals surface area contributed by atoms with Crippen molar-refractivity contribution >= 4 is 127 Å². The maximum atomic E-state index is 13.5.